The van der Waals surface area contributed by atoms with Crippen LogP contribution in [0.25, 0.3) is 10.9 Å². The molecule has 0 aliphatic carbocycles. The minimum absolute atomic E-state index is 0.241. The van der Waals surface area contributed by atoms with Gasteiger partial charge < -0.3 is 5.32 Å². The van der Waals surface area contributed by atoms with Crippen molar-refractivity contribution < 1.29 is 0 Å². The van der Waals surface area contributed by atoms with Crippen LogP contribution in [0.3, 0.4) is 0 Å². The third-order valence-electron chi connectivity index (χ3n) is 3.36. The molecule has 3 aromatic rings. The number of halogens is 1. The topological polar surface area (TPSA) is 24.9 Å². The summed E-state index contributed by atoms with van der Waals surface area (Å²) in [6.45, 7) is 0. The summed E-state index contributed by atoms with van der Waals surface area (Å²) in [6, 6.07) is 17.0. The van der Waals surface area contributed by atoms with E-state index in [1.54, 1.807) is 11.3 Å². The third kappa shape index (κ3) is 2.92. The summed E-state index contributed by atoms with van der Waals surface area (Å²) in [5.41, 5.74) is 2.15. The van der Waals surface area contributed by atoms with Crippen LogP contribution in [-0.2, 0) is 6.42 Å². The zero-order valence-electron chi connectivity index (χ0n) is 11.1. The molecular formula is C16H15BrN2S. The molecule has 2 nitrogen and oxygen atoms in total. The Morgan fingerprint density at radius 2 is 2.00 bits per heavy atom. The van der Waals surface area contributed by atoms with Gasteiger partial charge in [-0.05, 0) is 47.2 Å². The van der Waals surface area contributed by atoms with Crippen LogP contribution in [-0.4, -0.2) is 12.0 Å². The van der Waals surface area contributed by atoms with Gasteiger partial charge in [0.05, 0.1) is 21.0 Å². The molecular weight excluding hydrogens is 332 g/mol. The minimum atomic E-state index is 0.241. The number of fused-ring (bicyclic) bond motifs is 1. The van der Waals surface area contributed by atoms with Crippen LogP contribution in [0.5, 0.6) is 0 Å². The van der Waals surface area contributed by atoms with E-state index in [4.69, 9.17) is 4.98 Å². The molecule has 3 rings (SSSR count). The molecule has 0 saturated carbocycles. The van der Waals surface area contributed by atoms with Gasteiger partial charge in [0.1, 0.15) is 0 Å². The molecule has 0 amide bonds. The molecule has 2 heterocycles. The Morgan fingerprint density at radius 1 is 1.15 bits per heavy atom. The van der Waals surface area contributed by atoms with Crippen molar-refractivity contribution in [3.8, 4) is 0 Å². The Bertz CT molecular complexity index is 723. The molecule has 0 aliphatic heterocycles. The number of hydrogen-bond donors (Lipinski definition) is 1. The van der Waals surface area contributed by atoms with E-state index in [1.807, 2.05) is 19.2 Å². The van der Waals surface area contributed by atoms with Gasteiger partial charge >= 0.3 is 0 Å². The van der Waals surface area contributed by atoms with E-state index in [-0.39, 0.29) is 6.04 Å². The van der Waals surface area contributed by atoms with Gasteiger partial charge in [0.25, 0.3) is 0 Å². The lowest BCUT2D eigenvalue weighted by Crippen LogP contribution is -2.19. The van der Waals surface area contributed by atoms with Crippen molar-refractivity contribution in [2.75, 3.05) is 7.05 Å². The van der Waals surface area contributed by atoms with Crippen molar-refractivity contribution in [1.82, 2.24) is 10.3 Å². The van der Waals surface area contributed by atoms with Crippen molar-refractivity contribution in [1.29, 1.82) is 0 Å². The number of nitrogens with one attached hydrogen (secondary N) is 1. The molecule has 0 saturated heterocycles. The van der Waals surface area contributed by atoms with Crippen LogP contribution in [0.15, 0.2) is 52.3 Å². The third-order valence-corrected chi connectivity index (χ3v) is 5.01. The van der Waals surface area contributed by atoms with Crippen LogP contribution in [0.2, 0.25) is 0 Å². The molecule has 1 unspecified atom stereocenters. The molecule has 102 valence electrons. The van der Waals surface area contributed by atoms with Gasteiger partial charge in [-0.25, -0.2) is 0 Å². The number of likely N-dealkylation sites (N-methyl/N-ethyl adjacent to an activating group) is 1. The Hall–Kier alpha value is -1.23. The molecule has 1 N–H and O–H groups in total. The molecule has 1 atom stereocenters. The number of aromatic nitrogens is 1. The fraction of sp³-hybridized carbons (Fsp3) is 0.188. The van der Waals surface area contributed by atoms with Gasteiger partial charge in [-0.1, -0.05) is 24.3 Å². The summed E-state index contributed by atoms with van der Waals surface area (Å²) >= 11 is 5.29. The minimum Gasteiger partial charge on any atom is -0.311 e. The van der Waals surface area contributed by atoms with Crippen molar-refractivity contribution in [3.05, 3.63) is 62.9 Å². The summed E-state index contributed by atoms with van der Waals surface area (Å²) in [5.74, 6) is 0. The lowest BCUT2D eigenvalue weighted by Gasteiger charge is -2.15. The summed E-state index contributed by atoms with van der Waals surface area (Å²) in [6.07, 6.45) is 0.956. The largest absolute Gasteiger partial charge is 0.311 e. The first-order chi connectivity index (χ1) is 9.76. The first kappa shape index (κ1) is 13.7. The normalized spacial score (nSPS) is 12.7. The van der Waals surface area contributed by atoms with Crippen molar-refractivity contribution in [2.45, 2.75) is 12.5 Å². The lowest BCUT2D eigenvalue weighted by molar-refractivity contribution is 0.582. The second-order valence-electron chi connectivity index (χ2n) is 4.68. The smallest absolute Gasteiger partial charge is 0.0706 e. The number of nitrogens with zero attached hydrogens (tertiary/aromatic N) is 1. The Morgan fingerprint density at radius 3 is 2.75 bits per heavy atom. The maximum absolute atomic E-state index is 4.78. The van der Waals surface area contributed by atoms with Crippen LogP contribution in [0.4, 0.5) is 0 Å². The van der Waals surface area contributed by atoms with Gasteiger partial charge in [0, 0.05) is 16.7 Å². The number of pyridine rings is 1. The molecule has 0 bridgehead atoms. The maximum Gasteiger partial charge on any atom is 0.0706 e. The Balaban J connectivity index is 1.90. The highest BCUT2D eigenvalue weighted by Gasteiger charge is 2.13. The highest BCUT2D eigenvalue weighted by atomic mass is 79.9. The van der Waals surface area contributed by atoms with Crippen molar-refractivity contribution in [2.24, 2.45) is 0 Å². The van der Waals surface area contributed by atoms with Gasteiger partial charge in [0.2, 0.25) is 0 Å². The molecule has 0 fully saturated rings. The first-order valence-corrected chi connectivity index (χ1v) is 8.14. The summed E-state index contributed by atoms with van der Waals surface area (Å²) < 4.78 is 1.17. The van der Waals surface area contributed by atoms with Crippen LogP contribution >= 0.6 is 27.3 Å². The quantitative estimate of drug-likeness (QED) is 0.748. The van der Waals surface area contributed by atoms with Crippen molar-refractivity contribution in [3.63, 3.8) is 0 Å². The predicted octanol–water partition coefficient (Wildman–Crippen LogP) is 4.56. The van der Waals surface area contributed by atoms with E-state index < -0.39 is 0 Å². The standard InChI is InChI=1S/C16H15BrN2S/c1-18-15(10-12-7-9-16(17)20-12)14-8-6-11-4-2-3-5-13(11)19-14/h2-9,15,18H,10H2,1H3. The van der Waals surface area contributed by atoms with E-state index in [2.05, 4.69) is 57.6 Å². The Labute approximate surface area is 131 Å². The number of thiophene rings is 1. The van der Waals surface area contributed by atoms with Gasteiger partial charge in [-0.2, -0.15) is 0 Å². The number of para-hydroxylation sites is 1. The van der Waals surface area contributed by atoms with E-state index >= 15 is 0 Å². The van der Waals surface area contributed by atoms with E-state index in [0.717, 1.165) is 17.6 Å². The second-order valence-corrected chi connectivity index (χ2v) is 7.23. The van der Waals surface area contributed by atoms with Crippen molar-refractivity contribution >= 4 is 38.2 Å². The molecule has 0 radical (unpaired) electrons. The average Bonchev–Trinajstić information content (AvgIpc) is 2.89. The van der Waals surface area contributed by atoms with E-state index in [9.17, 15) is 0 Å². The SMILES string of the molecule is CNC(Cc1ccc(Br)s1)c1ccc2ccccc2n1. The summed E-state index contributed by atoms with van der Waals surface area (Å²) in [5, 5.41) is 4.55. The zero-order valence-corrected chi connectivity index (χ0v) is 13.5. The summed E-state index contributed by atoms with van der Waals surface area (Å²) in [7, 11) is 1.99. The Kier molecular flexibility index (Phi) is 4.15. The number of rotatable bonds is 4. The second kappa shape index (κ2) is 6.04. The fourth-order valence-electron chi connectivity index (χ4n) is 2.29. The van der Waals surface area contributed by atoms with E-state index in [0.29, 0.717) is 0 Å². The monoisotopic (exact) mass is 346 g/mol. The van der Waals surface area contributed by atoms with Gasteiger partial charge in [0.15, 0.2) is 0 Å². The highest BCUT2D eigenvalue weighted by Crippen LogP contribution is 2.27. The average molecular weight is 347 g/mol. The van der Waals surface area contributed by atoms with Crippen LogP contribution < -0.4 is 5.32 Å². The van der Waals surface area contributed by atoms with Gasteiger partial charge in [-0.3, -0.25) is 4.98 Å². The molecule has 1 aromatic carbocycles. The van der Waals surface area contributed by atoms with E-state index in [1.165, 1.54) is 14.0 Å². The fourth-order valence-corrected chi connectivity index (χ4v) is 3.82. The van der Waals surface area contributed by atoms with Crippen LogP contribution in [0, 0.1) is 0 Å². The molecule has 20 heavy (non-hydrogen) atoms. The molecule has 2 aromatic heterocycles. The highest BCUT2D eigenvalue weighted by molar-refractivity contribution is 9.11. The molecule has 4 heteroatoms. The maximum atomic E-state index is 4.78. The predicted molar refractivity (Wildman–Crippen MR) is 89.3 cm³/mol. The lowest BCUT2D eigenvalue weighted by atomic mass is 10.1. The molecule has 0 spiro atoms. The first-order valence-electron chi connectivity index (χ1n) is 6.53. The summed E-state index contributed by atoms with van der Waals surface area (Å²) in [4.78, 5) is 6.13. The molecule has 0 aliphatic rings. The zero-order chi connectivity index (χ0) is 13.9. The number of benzene rings is 1. The van der Waals surface area contributed by atoms with Crippen LogP contribution in [0.1, 0.15) is 16.6 Å². The van der Waals surface area contributed by atoms with Gasteiger partial charge in [-0.15, -0.1) is 11.3 Å². The number of hydrogen-bond acceptors (Lipinski definition) is 3.